The Morgan fingerprint density at radius 2 is 2.07 bits per heavy atom. The first kappa shape index (κ1) is 21.6. The van der Waals surface area contributed by atoms with Gasteiger partial charge in [0.25, 0.3) is 0 Å². The van der Waals surface area contributed by atoms with Crippen LogP contribution in [0.25, 0.3) is 0 Å². The predicted molar refractivity (Wildman–Crippen MR) is 122 cm³/mol. The normalized spacial score (nSPS) is 28.3. The predicted octanol–water partition coefficient (Wildman–Crippen LogP) is 5.53. The molecule has 0 bridgehead atoms. The van der Waals surface area contributed by atoms with Crippen LogP contribution in [0.15, 0.2) is 42.0 Å². The maximum Gasteiger partial charge on any atom is 0.136 e. The highest BCUT2D eigenvalue weighted by Gasteiger charge is 2.46. The van der Waals surface area contributed by atoms with E-state index in [1.807, 2.05) is 11.8 Å². The molecule has 4 atom stereocenters. The number of carbonyl (C=O) groups is 1. The van der Waals surface area contributed by atoms with E-state index in [4.69, 9.17) is 0 Å². The number of Topliss-reactive ketones (excluding diaryl/α,β-unsaturated/α-hetero) is 1. The lowest BCUT2D eigenvalue weighted by Crippen LogP contribution is -2.45. The number of hydrogen-bond donors (Lipinski definition) is 1. The van der Waals surface area contributed by atoms with Crippen LogP contribution in [-0.4, -0.2) is 31.4 Å². The molecule has 0 radical (unpaired) electrons. The van der Waals surface area contributed by atoms with E-state index in [2.05, 4.69) is 55.0 Å². The van der Waals surface area contributed by atoms with Crippen LogP contribution in [0.5, 0.6) is 0 Å². The van der Waals surface area contributed by atoms with Crippen LogP contribution in [0.3, 0.4) is 0 Å². The van der Waals surface area contributed by atoms with Crippen molar-refractivity contribution in [3.8, 4) is 0 Å². The van der Waals surface area contributed by atoms with Gasteiger partial charge in [0.05, 0.1) is 0 Å². The van der Waals surface area contributed by atoms with Crippen LogP contribution < -0.4 is 5.32 Å². The lowest BCUT2D eigenvalue weighted by Gasteiger charge is -2.51. The number of allylic oxidation sites excluding steroid dienone is 2. The van der Waals surface area contributed by atoms with Crippen molar-refractivity contribution < 1.29 is 4.79 Å². The average molecular weight is 400 g/mol. The van der Waals surface area contributed by atoms with E-state index >= 15 is 0 Å². The Kier molecular flexibility index (Phi) is 7.82. The smallest absolute Gasteiger partial charge is 0.136 e. The summed E-state index contributed by atoms with van der Waals surface area (Å²) in [5.41, 5.74) is 3.28. The van der Waals surface area contributed by atoms with Gasteiger partial charge in [0.15, 0.2) is 0 Å². The van der Waals surface area contributed by atoms with Crippen molar-refractivity contribution >= 4 is 17.5 Å². The molecule has 0 aromatic heterocycles. The first-order chi connectivity index (χ1) is 13.6. The topological polar surface area (TPSA) is 29.1 Å². The minimum atomic E-state index is 0.138. The fourth-order valence-corrected chi connectivity index (χ4v) is 6.31. The summed E-state index contributed by atoms with van der Waals surface area (Å²) in [6.07, 6.45) is 13.2. The standard InChI is InChI=1S/C25H37NOS/c1-19(27)23(12-15-28-3)21-11-14-25(17-20-8-5-4-6-9-20)13-7-10-22(18-26-2)24(25)16-21/h4-6,8-9,16,22-24,26H,7,10-15,17-18H2,1-3H3/t22-,23?,24+,25-/m1/s1. The highest BCUT2D eigenvalue weighted by Crippen LogP contribution is 2.54. The highest BCUT2D eigenvalue weighted by atomic mass is 32.2. The Morgan fingerprint density at radius 3 is 2.75 bits per heavy atom. The molecule has 1 aromatic rings. The lowest BCUT2D eigenvalue weighted by molar-refractivity contribution is -0.119. The molecule has 0 heterocycles. The van der Waals surface area contributed by atoms with Crippen molar-refractivity contribution in [3.05, 3.63) is 47.5 Å². The molecule has 0 saturated heterocycles. The molecule has 1 fully saturated rings. The van der Waals surface area contributed by atoms with Gasteiger partial charge in [-0.25, -0.2) is 0 Å². The van der Waals surface area contributed by atoms with E-state index in [0.29, 0.717) is 23.0 Å². The molecular formula is C25H37NOS. The molecule has 3 heteroatoms. The van der Waals surface area contributed by atoms with Crippen molar-refractivity contribution in [1.82, 2.24) is 5.32 Å². The summed E-state index contributed by atoms with van der Waals surface area (Å²) < 4.78 is 0. The third kappa shape index (κ3) is 4.91. The van der Waals surface area contributed by atoms with Gasteiger partial charge in [-0.3, -0.25) is 4.79 Å². The van der Waals surface area contributed by atoms with Gasteiger partial charge in [-0.2, -0.15) is 11.8 Å². The second-order valence-electron chi connectivity index (χ2n) is 8.95. The van der Waals surface area contributed by atoms with E-state index in [-0.39, 0.29) is 5.92 Å². The molecule has 0 amide bonds. The lowest BCUT2D eigenvalue weighted by atomic mass is 9.54. The van der Waals surface area contributed by atoms with Crippen molar-refractivity contribution in [3.63, 3.8) is 0 Å². The Morgan fingerprint density at radius 1 is 1.29 bits per heavy atom. The van der Waals surface area contributed by atoms with E-state index in [9.17, 15) is 4.79 Å². The summed E-state index contributed by atoms with van der Waals surface area (Å²) in [6.45, 7) is 2.88. The van der Waals surface area contributed by atoms with Crippen molar-refractivity contribution in [2.45, 2.75) is 51.9 Å². The molecule has 0 spiro atoms. The fraction of sp³-hybridized carbons (Fsp3) is 0.640. The quantitative estimate of drug-likeness (QED) is 0.554. The molecule has 0 aliphatic heterocycles. The van der Waals surface area contributed by atoms with Gasteiger partial charge in [0.2, 0.25) is 0 Å². The van der Waals surface area contributed by atoms with Gasteiger partial charge in [-0.05, 0) is 93.9 Å². The molecule has 2 aliphatic carbocycles. The molecular weight excluding hydrogens is 362 g/mol. The molecule has 1 aromatic carbocycles. The number of ketones is 1. The summed E-state index contributed by atoms with van der Waals surface area (Å²) in [6, 6.07) is 11.1. The Labute approximate surface area is 175 Å². The van der Waals surface area contributed by atoms with Gasteiger partial charge < -0.3 is 5.32 Å². The van der Waals surface area contributed by atoms with Gasteiger partial charge >= 0.3 is 0 Å². The molecule has 28 heavy (non-hydrogen) atoms. The largest absolute Gasteiger partial charge is 0.319 e. The Hall–Kier alpha value is -1.06. The first-order valence-corrected chi connectivity index (χ1v) is 12.4. The fourth-order valence-electron chi connectivity index (χ4n) is 5.84. The Bertz CT molecular complexity index is 668. The van der Waals surface area contributed by atoms with Gasteiger partial charge in [-0.15, -0.1) is 0 Å². The zero-order valence-electron chi connectivity index (χ0n) is 17.9. The second kappa shape index (κ2) is 10.1. The van der Waals surface area contributed by atoms with Crippen LogP contribution in [0.2, 0.25) is 0 Å². The van der Waals surface area contributed by atoms with Crippen LogP contribution in [0.1, 0.15) is 51.0 Å². The Balaban J connectivity index is 1.92. The molecule has 154 valence electrons. The number of thioether (sulfide) groups is 1. The molecule has 1 saturated carbocycles. The number of nitrogens with one attached hydrogen (secondary N) is 1. The van der Waals surface area contributed by atoms with Crippen LogP contribution >= 0.6 is 11.8 Å². The summed E-state index contributed by atoms with van der Waals surface area (Å²) in [5.74, 6) is 2.84. The molecule has 1 N–H and O–H groups in total. The summed E-state index contributed by atoms with van der Waals surface area (Å²) >= 11 is 1.85. The molecule has 2 aliphatic rings. The molecule has 1 unspecified atom stereocenters. The van der Waals surface area contributed by atoms with E-state index in [0.717, 1.165) is 25.1 Å². The van der Waals surface area contributed by atoms with Gasteiger partial charge in [0.1, 0.15) is 5.78 Å². The zero-order valence-corrected chi connectivity index (χ0v) is 18.7. The number of benzene rings is 1. The van der Waals surface area contributed by atoms with Crippen molar-refractivity contribution in [2.75, 3.05) is 25.6 Å². The second-order valence-corrected chi connectivity index (χ2v) is 9.93. The number of rotatable bonds is 9. The van der Waals surface area contributed by atoms with Crippen LogP contribution in [0, 0.1) is 23.2 Å². The number of carbonyl (C=O) groups excluding carboxylic acids is 1. The third-order valence-corrected chi connectivity index (χ3v) is 7.83. The summed E-state index contributed by atoms with van der Waals surface area (Å²) in [5, 5.41) is 3.45. The minimum Gasteiger partial charge on any atom is -0.319 e. The number of hydrogen-bond acceptors (Lipinski definition) is 3. The third-order valence-electron chi connectivity index (χ3n) is 7.18. The molecule has 3 rings (SSSR count). The zero-order chi connectivity index (χ0) is 20.0. The summed E-state index contributed by atoms with van der Waals surface area (Å²) in [4.78, 5) is 12.4. The van der Waals surface area contributed by atoms with E-state index in [1.54, 1.807) is 6.92 Å². The number of fused-ring (bicyclic) bond motifs is 1. The summed E-state index contributed by atoms with van der Waals surface area (Å²) in [7, 11) is 2.08. The highest BCUT2D eigenvalue weighted by molar-refractivity contribution is 7.98. The maximum atomic E-state index is 12.4. The van der Waals surface area contributed by atoms with Crippen LogP contribution in [-0.2, 0) is 11.2 Å². The van der Waals surface area contributed by atoms with Crippen LogP contribution in [0.4, 0.5) is 0 Å². The SMILES string of the molecule is CNC[C@H]1CCC[C@]2(Cc3ccccc3)CCC(C(CCSC)C(C)=O)=C[C@@H]12. The maximum absolute atomic E-state index is 12.4. The van der Waals surface area contributed by atoms with E-state index < -0.39 is 0 Å². The van der Waals surface area contributed by atoms with E-state index in [1.165, 1.54) is 43.2 Å². The molecule has 2 nitrogen and oxygen atoms in total. The average Bonchev–Trinajstić information content (AvgIpc) is 2.69. The van der Waals surface area contributed by atoms with Crippen molar-refractivity contribution in [2.24, 2.45) is 23.2 Å². The van der Waals surface area contributed by atoms with Crippen molar-refractivity contribution in [1.29, 1.82) is 0 Å². The van der Waals surface area contributed by atoms with Gasteiger partial charge in [0, 0.05) is 5.92 Å². The first-order valence-electron chi connectivity index (χ1n) is 11.0. The monoisotopic (exact) mass is 399 g/mol. The van der Waals surface area contributed by atoms with Gasteiger partial charge in [-0.1, -0.05) is 48.4 Å². The minimum absolute atomic E-state index is 0.138.